The first kappa shape index (κ1) is 29.0. The lowest BCUT2D eigenvalue weighted by Gasteiger charge is -2.42. The molecule has 2 aromatic carbocycles. The number of benzene rings is 2. The fourth-order valence-electron chi connectivity index (χ4n) is 5.55. The largest absolute Gasteiger partial charge is 0.502 e. The number of hydrogen-bond acceptors (Lipinski definition) is 12. The number of aromatic hydroxyl groups is 2. The molecule has 1 fully saturated rings. The van der Waals surface area contributed by atoms with Crippen molar-refractivity contribution < 1.29 is 59.1 Å². The number of hydrogen-bond donors (Lipinski definition) is 6. The Morgan fingerprint density at radius 2 is 1.46 bits per heavy atom. The van der Waals surface area contributed by atoms with Gasteiger partial charge < -0.3 is 59.1 Å². The fraction of sp³-hybridized carbons (Fsp3) is 0.556. The highest BCUT2D eigenvalue weighted by atomic mass is 16.7. The highest BCUT2D eigenvalue weighted by Gasteiger charge is 2.44. The van der Waals surface area contributed by atoms with Gasteiger partial charge in [0.05, 0.1) is 41.7 Å². The van der Waals surface area contributed by atoms with Gasteiger partial charge in [-0.15, -0.1) is 0 Å². The van der Waals surface area contributed by atoms with Crippen molar-refractivity contribution in [3.05, 3.63) is 34.9 Å². The van der Waals surface area contributed by atoms with Crippen molar-refractivity contribution in [3.8, 4) is 34.5 Å². The Morgan fingerprint density at radius 1 is 0.846 bits per heavy atom. The van der Waals surface area contributed by atoms with Crippen molar-refractivity contribution >= 4 is 0 Å². The summed E-state index contributed by atoms with van der Waals surface area (Å²) in [7, 11) is 5.66. The number of rotatable bonds is 9. The van der Waals surface area contributed by atoms with Crippen LogP contribution in [0, 0.1) is 11.8 Å². The zero-order valence-electron chi connectivity index (χ0n) is 22.2. The number of methoxy groups -OCH3 is 4. The maximum atomic E-state index is 11.0. The molecular weight excluding hydrogens is 516 g/mol. The molecule has 4 rings (SSSR count). The minimum absolute atomic E-state index is 0.0542. The van der Waals surface area contributed by atoms with Crippen LogP contribution in [0.25, 0.3) is 0 Å². The van der Waals surface area contributed by atoms with E-state index in [9.17, 15) is 30.6 Å². The molecule has 1 heterocycles. The first-order valence-electron chi connectivity index (χ1n) is 12.5. The molecular formula is C27H36O12. The van der Waals surface area contributed by atoms with Gasteiger partial charge in [-0.25, -0.2) is 0 Å². The van der Waals surface area contributed by atoms with Gasteiger partial charge in [-0.3, -0.25) is 0 Å². The number of phenolic OH excluding ortho intramolecular Hbond substituents is 2. The quantitative estimate of drug-likeness (QED) is 0.254. The van der Waals surface area contributed by atoms with Gasteiger partial charge in [0.15, 0.2) is 29.3 Å². The van der Waals surface area contributed by atoms with Gasteiger partial charge in [0.1, 0.15) is 18.3 Å². The third-order valence-corrected chi connectivity index (χ3v) is 7.60. The van der Waals surface area contributed by atoms with Gasteiger partial charge >= 0.3 is 0 Å². The van der Waals surface area contributed by atoms with E-state index in [-0.39, 0.29) is 60.2 Å². The zero-order chi connectivity index (χ0) is 28.4. The average Bonchev–Trinajstić information content (AvgIpc) is 2.94. The molecule has 0 spiro atoms. The second kappa shape index (κ2) is 12.0. The molecule has 1 aliphatic carbocycles. The second-order valence-electron chi connectivity index (χ2n) is 9.68. The molecule has 0 aromatic heterocycles. The number of fused-ring (bicyclic) bond motifs is 1. The van der Waals surface area contributed by atoms with Crippen LogP contribution in [0.4, 0.5) is 0 Å². The lowest BCUT2D eigenvalue weighted by Crippen LogP contribution is -2.54. The lowest BCUT2D eigenvalue weighted by molar-refractivity contribution is -0.274. The number of ether oxygens (including phenoxy) is 6. The van der Waals surface area contributed by atoms with Gasteiger partial charge in [-0.1, -0.05) is 0 Å². The molecule has 0 bridgehead atoms. The summed E-state index contributed by atoms with van der Waals surface area (Å²) in [5.74, 6) is -1.16. The van der Waals surface area contributed by atoms with Crippen LogP contribution < -0.4 is 18.9 Å². The molecule has 12 heteroatoms. The summed E-state index contributed by atoms with van der Waals surface area (Å²) in [5.41, 5.74) is 1.99. The van der Waals surface area contributed by atoms with Crippen molar-refractivity contribution in [3.63, 3.8) is 0 Å². The smallest absolute Gasteiger partial charge is 0.201 e. The Bertz CT molecular complexity index is 1130. The van der Waals surface area contributed by atoms with E-state index >= 15 is 0 Å². The standard InChI is InChI=1S/C27H36O12/c1-34-17-7-13(8-18(35-2)23(17)31)20-15(10-38-27-25(33)22(30)16(29)11-39-27)14(9-28)5-12-6-19(36-3)24(32)26(37-4)21(12)20/h6-8,14-16,20,22,25,27-33H,5,9-11H2,1-4H3/t14-,15+,16-,20+,22-,25+,27+/m0/s1. The van der Waals surface area contributed by atoms with Crippen molar-refractivity contribution in [1.82, 2.24) is 0 Å². The van der Waals surface area contributed by atoms with Gasteiger partial charge in [0.2, 0.25) is 11.5 Å². The number of phenols is 2. The summed E-state index contributed by atoms with van der Waals surface area (Å²) in [5, 5.41) is 62.3. The summed E-state index contributed by atoms with van der Waals surface area (Å²) in [6.45, 7) is -0.504. The molecule has 7 atom stereocenters. The topological polar surface area (TPSA) is 177 Å². The van der Waals surface area contributed by atoms with Crippen LogP contribution in [0.5, 0.6) is 34.5 Å². The van der Waals surface area contributed by atoms with Crippen LogP contribution in [0.3, 0.4) is 0 Å². The molecule has 12 nitrogen and oxygen atoms in total. The van der Waals surface area contributed by atoms with Gasteiger partial charge in [-0.05, 0) is 47.6 Å². The molecule has 6 N–H and O–H groups in total. The van der Waals surface area contributed by atoms with E-state index in [2.05, 4.69) is 0 Å². The predicted molar refractivity (Wildman–Crippen MR) is 136 cm³/mol. The van der Waals surface area contributed by atoms with Crippen LogP contribution in [0.2, 0.25) is 0 Å². The number of aliphatic hydroxyl groups is 4. The zero-order valence-corrected chi connectivity index (χ0v) is 22.2. The maximum Gasteiger partial charge on any atom is 0.201 e. The van der Waals surface area contributed by atoms with E-state index in [0.29, 0.717) is 17.5 Å². The predicted octanol–water partition coefficient (Wildman–Crippen LogP) is 0.500. The Kier molecular flexibility index (Phi) is 8.94. The van der Waals surface area contributed by atoms with Crippen molar-refractivity contribution in [2.45, 2.75) is 36.9 Å². The highest BCUT2D eigenvalue weighted by molar-refractivity contribution is 5.64. The normalized spacial score (nSPS) is 28.5. The molecule has 2 aliphatic rings. The van der Waals surface area contributed by atoms with Crippen LogP contribution in [0.15, 0.2) is 18.2 Å². The van der Waals surface area contributed by atoms with Crippen LogP contribution >= 0.6 is 0 Å². The third-order valence-electron chi connectivity index (χ3n) is 7.60. The van der Waals surface area contributed by atoms with Crippen molar-refractivity contribution in [2.75, 3.05) is 48.3 Å². The molecule has 216 valence electrons. The van der Waals surface area contributed by atoms with Crippen molar-refractivity contribution in [2.24, 2.45) is 11.8 Å². The van der Waals surface area contributed by atoms with E-state index in [1.807, 2.05) is 0 Å². The summed E-state index contributed by atoms with van der Waals surface area (Å²) in [6, 6.07) is 4.96. The van der Waals surface area contributed by atoms with Crippen LogP contribution in [-0.2, 0) is 15.9 Å². The fourth-order valence-corrected chi connectivity index (χ4v) is 5.55. The minimum Gasteiger partial charge on any atom is -0.502 e. The molecule has 0 unspecified atom stereocenters. The van der Waals surface area contributed by atoms with E-state index in [4.69, 9.17) is 28.4 Å². The Balaban J connectivity index is 1.86. The molecule has 1 aliphatic heterocycles. The molecule has 39 heavy (non-hydrogen) atoms. The molecule has 0 amide bonds. The summed E-state index contributed by atoms with van der Waals surface area (Å²) in [4.78, 5) is 0. The second-order valence-corrected chi connectivity index (χ2v) is 9.68. The Labute approximate surface area is 225 Å². The SMILES string of the molecule is COc1cc([C@H]2c3c(cc(OC)c(O)c3OC)C[C@@H](CO)[C@H]2CO[C@@H]2OC[C@H](O)[C@H](O)[C@H]2O)cc(OC)c1O. The maximum absolute atomic E-state index is 11.0. The van der Waals surface area contributed by atoms with Gasteiger partial charge in [0.25, 0.3) is 0 Å². The van der Waals surface area contributed by atoms with E-state index in [1.165, 1.54) is 28.4 Å². The third kappa shape index (κ3) is 5.28. The Morgan fingerprint density at radius 3 is 2.03 bits per heavy atom. The summed E-state index contributed by atoms with van der Waals surface area (Å²) in [6.07, 6.45) is -5.04. The molecule has 1 saturated heterocycles. The van der Waals surface area contributed by atoms with E-state index in [0.717, 1.165) is 5.56 Å². The van der Waals surface area contributed by atoms with Crippen molar-refractivity contribution in [1.29, 1.82) is 0 Å². The Hall–Kier alpha value is -3.00. The number of aliphatic hydroxyl groups excluding tert-OH is 4. The average molecular weight is 553 g/mol. The first-order chi connectivity index (χ1) is 18.7. The van der Waals surface area contributed by atoms with Gasteiger partial charge in [0, 0.05) is 18.1 Å². The minimum atomic E-state index is -1.49. The van der Waals surface area contributed by atoms with E-state index in [1.54, 1.807) is 18.2 Å². The monoisotopic (exact) mass is 552 g/mol. The van der Waals surface area contributed by atoms with E-state index < -0.39 is 36.4 Å². The molecule has 0 radical (unpaired) electrons. The van der Waals surface area contributed by atoms with Crippen LogP contribution in [0.1, 0.15) is 22.6 Å². The molecule has 2 aromatic rings. The van der Waals surface area contributed by atoms with Gasteiger partial charge in [-0.2, -0.15) is 0 Å². The summed E-state index contributed by atoms with van der Waals surface area (Å²) >= 11 is 0. The summed E-state index contributed by atoms with van der Waals surface area (Å²) < 4.78 is 33.2. The molecule has 0 saturated carbocycles. The lowest BCUT2D eigenvalue weighted by atomic mass is 9.66. The highest BCUT2D eigenvalue weighted by Crippen LogP contribution is 2.54. The first-order valence-corrected chi connectivity index (χ1v) is 12.5. The van der Waals surface area contributed by atoms with Crippen LogP contribution in [-0.4, -0.2) is 104 Å².